The van der Waals surface area contributed by atoms with E-state index in [0.29, 0.717) is 13.0 Å². The Morgan fingerprint density at radius 2 is 2.31 bits per heavy atom. The molecule has 2 rings (SSSR count). The normalized spacial score (nSPS) is 10.6. The monoisotopic (exact) mass is 281 g/mol. The number of halogens is 1. The highest BCUT2D eigenvalue weighted by Crippen LogP contribution is 2.12. The molecular weight excluding hydrogens is 270 g/mol. The maximum absolute atomic E-state index is 11.1. The zero-order chi connectivity index (χ0) is 11.5. The summed E-state index contributed by atoms with van der Waals surface area (Å²) in [5, 5.41) is 2.80. The lowest BCUT2D eigenvalue weighted by molar-refractivity contribution is -0.120. The quantitative estimate of drug-likeness (QED) is 0.937. The molecule has 0 spiro atoms. The molecule has 0 aliphatic carbocycles. The van der Waals surface area contributed by atoms with E-state index in [1.54, 1.807) is 0 Å². The van der Waals surface area contributed by atoms with Gasteiger partial charge in [-0.1, -0.05) is 6.92 Å². The maximum Gasteiger partial charge on any atom is 0.220 e. The molecule has 1 N–H and O–H groups in total. The third kappa shape index (κ3) is 2.41. The molecule has 0 aliphatic rings. The molecule has 0 aliphatic heterocycles. The first kappa shape index (κ1) is 11.1. The van der Waals surface area contributed by atoms with Crippen LogP contribution >= 0.6 is 15.9 Å². The van der Waals surface area contributed by atoms with E-state index < -0.39 is 0 Å². The van der Waals surface area contributed by atoms with Gasteiger partial charge >= 0.3 is 0 Å². The molecule has 5 heteroatoms. The van der Waals surface area contributed by atoms with Crippen LogP contribution in [0.4, 0.5) is 0 Å². The van der Waals surface area contributed by atoms with Gasteiger partial charge in [0.15, 0.2) is 0 Å². The number of rotatable bonds is 3. The molecule has 0 bridgehead atoms. The van der Waals surface area contributed by atoms with Gasteiger partial charge < -0.3 is 9.72 Å². The lowest BCUT2D eigenvalue weighted by Crippen LogP contribution is -2.21. The number of fused-ring (bicyclic) bond motifs is 1. The Morgan fingerprint density at radius 3 is 3.06 bits per heavy atom. The molecule has 0 radical (unpaired) electrons. The Balaban J connectivity index is 2.16. The molecule has 1 amide bonds. The van der Waals surface area contributed by atoms with Crippen LogP contribution < -0.4 is 5.32 Å². The molecule has 4 nitrogen and oxygen atoms in total. The molecule has 0 atom stereocenters. The predicted octanol–water partition coefficient (Wildman–Crippen LogP) is 2.12. The summed E-state index contributed by atoms with van der Waals surface area (Å²) in [5.41, 5.74) is 1.74. The summed E-state index contributed by atoms with van der Waals surface area (Å²) in [6.07, 6.45) is 4.35. The van der Waals surface area contributed by atoms with Crippen LogP contribution in [0, 0.1) is 0 Å². The van der Waals surface area contributed by atoms with Crippen molar-refractivity contribution in [2.24, 2.45) is 0 Å². The van der Waals surface area contributed by atoms with Crippen molar-refractivity contribution in [3.63, 3.8) is 0 Å². The number of carbonyl (C=O) groups excluding carboxylic acids is 1. The van der Waals surface area contributed by atoms with Crippen LogP contribution in [-0.4, -0.2) is 15.3 Å². The summed E-state index contributed by atoms with van der Waals surface area (Å²) >= 11 is 3.40. The number of imidazole rings is 1. The molecule has 84 valence electrons. The van der Waals surface area contributed by atoms with Crippen LogP contribution in [0.1, 0.15) is 19.0 Å². The van der Waals surface area contributed by atoms with Gasteiger partial charge in [0.1, 0.15) is 5.65 Å². The van der Waals surface area contributed by atoms with E-state index in [2.05, 4.69) is 26.2 Å². The summed E-state index contributed by atoms with van der Waals surface area (Å²) in [7, 11) is 0. The van der Waals surface area contributed by atoms with E-state index in [1.807, 2.05) is 35.9 Å². The van der Waals surface area contributed by atoms with E-state index in [0.717, 1.165) is 15.8 Å². The smallest absolute Gasteiger partial charge is 0.220 e. The number of carbonyl (C=O) groups is 1. The maximum atomic E-state index is 11.1. The summed E-state index contributed by atoms with van der Waals surface area (Å²) in [6.45, 7) is 2.31. The first-order valence-corrected chi connectivity index (χ1v) is 5.88. The molecule has 16 heavy (non-hydrogen) atoms. The minimum absolute atomic E-state index is 0.0400. The largest absolute Gasteiger partial charge is 0.350 e. The molecule has 0 saturated heterocycles. The first-order chi connectivity index (χ1) is 7.69. The summed E-state index contributed by atoms with van der Waals surface area (Å²) < 4.78 is 2.93. The fourth-order valence-corrected chi connectivity index (χ4v) is 1.77. The number of hydrogen-bond acceptors (Lipinski definition) is 2. The highest BCUT2D eigenvalue weighted by molar-refractivity contribution is 9.10. The van der Waals surface area contributed by atoms with Crippen molar-refractivity contribution in [1.82, 2.24) is 14.7 Å². The van der Waals surface area contributed by atoms with Crippen LogP contribution in [0.15, 0.2) is 29.0 Å². The molecule has 0 aromatic carbocycles. The Kier molecular flexibility index (Phi) is 3.24. The van der Waals surface area contributed by atoms with Gasteiger partial charge in [-0.25, -0.2) is 4.98 Å². The highest BCUT2D eigenvalue weighted by Gasteiger charge is 2.03. The zero-order valence-corrected chi connectivity index (χ0v) is 10.5. The van der Waals surface area contributed by atoms with Crippen LogP contribution in [0.3, 0.4) is 0 Å². The predicted molar refractivity (Wildman–Crippen MR) is 65.0 cm³/mol. The highest BCUT2D eigenvalue weighted by atomic mass is 79.9. The molecule has 2 aromatic heterocycles. The number of pyridine rings is 1. The van der Waals surface area contributed by atoms with Gasteiger partial charge in [0.25, 0.3) is 0 Å². The van der Waals surface area contributed by atoms with Crippen LogP contribution in [0.5, 0.6) is 0 Å². The number of hydrogen-bond donors (Lipinski definition) is 1. The van der Waals surface area contributed by atoms with Crippen molar-refractivity contribution in [2.75, 3.05) is 0 Å². The van der Waals surface area contributed by atoms with Crippen LogP contribution in [0.2, 0.25) is 0 Å². The number of nitrogens with one attached hydrogen (secondary N) is 1. The lowest BCUT2D eigenvalue weighted by atomic mass is 10.4. The van der Waals surface area contributed by atoms with Crippen molar-refractivity contribution in [1.29, 1.82) is 0 Å². The van der Waals surface area contributed by atoms with Gasteiger partial charge in [-0.05, 0) is 28.1 Å². The topological polar surface area (TPSA) is 46.4 Å². The van der Waals surface area contributed by atoms with Gasteiger partial charge in [-0.15, -0.1) is 0 Å². The SMILES string of the molecule is CCC(=O)NCc1cn2cc(Br)ccc2n1. The Labute approximate surface area is 102 Å². The van der Waals surface area contributed by atoms with E-state index in [-0.39, 0.29) is 5.91 Å². The van der Waals surface area contributed by atoms with Crippen LogP contribution in [0.25, 0.3) is 5.65 Å². The van der Waals surface area contributed by atoms with Crippen molar-refractivity contribution in [3.05, 3.63) is 34.7 Å². The average molecular weight is 282 g/mol. The Bertz CT molecular complexity index is 521. The van der Waals surface area contributed by atoms with Gasteiger partial charge in [0.05, 0.1) is 12.2 Å². The molecule has 0 saturated carbocycles. The van der Waals surface area contributed by atoms with E-state index in [9.17, 15) is 4.79 Å². The molecule has 0 unspecified atom stereocenters. The van der Waals surface area contributed by atoms with Crippen molar-refractivity contribution >= 4 is 27.5 Å². The molecular formula is C11H12BrN3O. The third-order valence-electron chi connectivity index (χ3n) is 2.25. The van der Waals surface area contributed by atoms with Crippen molar-refractivity contribution in [3.8, 4) is 0 Å². The van der Waals surface area contributed by atoms with Gasteiger partial charge in [-0.3, -0.25) is 4.79 Å². The zero-order valence-electron chi connectivity index (χ0n) is 8.90. The van der Waals surface area contributed by atoms with Gasteiger partial charge in [0, 0.05) is 23.3 Å². The number of aromatic nitrogens is 2. The van der Waals surface area contributed by atoms with Crippen molar-refractivity contribution in [2.45, 2.75) is 19.9 Å². The van der Waals surface area contributed by atoms with E-state index >= 15 is 0 Å². The third-order valence-corrected chi connectivity index (χ3v) is 2.72. The molecule has 0 fully saturated rings. The second kappa shape index (κ2) is 4.65. The lowest BCUT2D eigenvalue weighted by Gasteiger charge is -1.98. The van der Waals surface area contributed by atoms with Gasteiger partial charge in [0.2, 0.25) is 5.91 Å². The van der Waals surface area contributed by atoms with Crippen LogP contribution in [-0.2, 0) is 11.3 Å². The van der Waals surface area contributed by atoms with E-state index in [4.69, 9.17) is 0 Å². The Hall–Kier alpha value is -1.36. The number of amides is 1. The Morgan fingerprint density at radius 1 is 1.50 bits per heavy atom. The minimum atomic E-state index is 0.0400. The van der Waals surface area contributed by atoms with E-state index in [1.165, 1.54) is 0 Å². The fourth-order valence-electron chi connectivity index (χ4n) is 1.42. The summed E-state index contributed by atoms with van der Waals surface area (Å²) in [4.78, 5) is 15.5. The van der Waals surface area contributed by atoms with Crippen molar-refractivity contribution < 1.29 is 4.79 Å². The molecule has 2 aromatic rings. The fraction of sp³-hybridized carbons (Fsp3) is 0.273. The standard InChI is InChI=1S/C11H12BrN3O/c1-2-11(16)13-5-9-7-15-6-8(12)3-4-10(15)14-9/h3-4,6-7H,2,5H2,1H3,(H,13,16). The molecule has 2 heterocycles. The second-order valence-corrected chi connectivity index (χ2v) is 4.39. The van der Waals surface area contributed by atoms with Gasteiger partial charge in [-0.2, -0.15) is 0 Å². The average Bonchev–Trinajstić information content (AvgIpc) is 2.67. The summed E-state index contributed by atoms with van der Waals surface area (Å²) in [6, 6.07) is 3.87. The minimum Gasteiger partial charge on any atom is -0.350 e. The first-order valence-electron chi connectivity index (χ1n) is 5.09. The number of nitrogens with zero attached hydrogens (tertiary/aromatic N) is 2. The second-order valence-electron chi connectivity index (χ2n) is 3.48. The summed E-state index contributed by atoms with van der Waals surface area (Å²) in [5.74, 6) is 0.0400.